The van der Waals surface area contributed by atoms with E-state index in [1.807, 2.05) is 32.0 Å². The molecule has 0 aliphatic rings. The third-order valence-corrected chi connectivity index (χ3v) is 3.04. The third-order valence-electron chi connectivity index (χ3n) is 2.38. The Bertz CT molecular complexity index is 286. The number of hydrogen-bond acceptors (Lipinski definition) is 0. The maximum Gasteiger partial charge on any atom is 0.476 e. The Hall–Kier alpha value is -0.703. The van der Waals surface area contributed by atoms with Gasteiger partial charge in [-0.15, -0.1) is 0 Å². The number of rotatable bonds is 4. The standard InChI is InChI=1S/C11H15F2Si/c1-9-4-3-5-11(8-9)10(2)6-7-14(12)13/h3-5,8,10H,6-7H2,1-2H3. The van der Waals surface area contributed by atoms with Gasteiger partial charge in [0, 0.05) is 6.04 Å². The maximum absolute atomic E-state index is 12.1. The quantitative estimate of drug-likeness (QED) is 0.525. The number of benzene rings is 1. The van der Waals surface area contributed by atoms with Crippen molar-refractivity contribution >= 4 is 9.46 Å². The molecular weight excluding hydrogens is 198 g/mol. The topological polar surface area (TPSA) is 0 Å². The molecule has 0 fully saturated rings. The van der Waals surface area contributed by atoms with Gasteiger partial charge in [0.1, 0.15) is 0 Å². The summed E-state index contributed by atoms with van der Waals surface area (Å²) < 4.78 is 24.2. The van der Waals surface area contributed by atoms with E-state index < -0.39 is 9.46 Å². The molecule has 0 heterocycles. The smallest absolute Gasteiger partial charge is 0.268 e. The minimum atomic E-state index is -3.05. The Morgan fingerprint density at radius 3 is 2.64 bits per heavy atom. The average molecular weight is 213 g/mol. The summed E-state index contributed by atoms with van der Waals surface area (Å²) in [7, 11) is -3.05. The highest BCUT2D eigenvalue weighted by atomic mass is 28.4. The van der Waals surface area contributed by atoms with Crippen LogP contribution in [0.2, 0.25) is 6.04 Å². The lowest BCUT2D eigenvalue weighted by atomic mass is 9.97. The molecule has 0 nitrogen and oxygen atoms in total. The van der Waals surface area contributed by atoms with Gasteiger partial charge in [-0.3, -0.25) is 8.22 Å². The molecule has 1 rings (SSSR count). The van der Waals surface area contributed by atoms with Crippen molar-refractivity contribution in [2.45, 2.75) is 32.2 Å². The summed E-state index contributed by atoms with van der Waals surface area (Å²) in [5, 5.41) is 0. The van der Waals surface area contributed by atoms with Gasteiger partial charge >= 0.3 is 9.46 Å². The monoisotopic (exact) mass is 213 g/mol. The summed E-state index contributed by atoms with van der Waals surface area (Å²) in [5.74, 6) is 0.251. The second-order valence-corrected chi connectivity index (χ2v) is 4.87. The molecule has 0 spiro atoms. The molecule has 0 saturated carbocycles. The molecule has 0 N–H and O–H groups in total. The van der Waals surface area contributed by atoms with Gasteiger partial charge in [0.15, 0.2) is 0 Å². The van der Waals surface area contributed by atoms with Crippen molar-refractivity contribution in [1.29, 1.82) is 0 Å². The molecule has 77 valence electrons. The second kappa shape index (κ2) is 5.25. The van der Waals surface area contributed by atoms with Gasteiger partial charge in [0.25, 0.3) is 0 Å². The molecule has 0 aliphatic heterocycles. The predicted molar refractivity (Wildman–Crippen MR) is 57.0 cm³/mol. The Labute approximate surface area is 85.9 Å². The highest BCUT2D eigenvalue weighted by molar-refractivity contribution is 6.42. The van der Waals surface area contributed by atoms with Crippen LogP contribution in [0.3, 0.4) is 0 Å². The molecule has 0 aliphatic carbocycles. The molecule has 0 amide bonds. The SMILES string of the molecule is Cc1cccc(C(C)CC[Si](F)F)c1. The van der Waals surface area contributed by atoms with Crippen LogP contribution in [0.5, 0.6) is 0 Å². The minimum absolute atomic E-state index is 0.0970. The fourth-order valence-corrected chi connectivity index (χ4v) is 2.12. The first kappa shape index (κ1) is 11.4. The predicted octanol–water partition coefficient (Wildman–Crippen LogP) is 3.92. The number of aryl methyl sites for hydroxylation is 1. The Kier molecular flexibility index (Phi) is 4.26. The zero-order valence-corrected chi connectivity index (χ0v) is 9.56. The first-order chi connectivity index (χ1) is 6.59. The van der Waals surface area contributed by atoms with E-state index in [4.69, 9.17) is 0 Å². The average Bonchev–Trinajstić information content (AvgIpc) is 2.14. The van der Waals surface area contributed by atoms with E-state index in [1.165, 1.54) is 11.1 Å². The Morgan fingerprint density at radius 2 is 2.07 bits per heavy atom. The molecule has 1 atom stereocenters. The largest absolute Gasteiger partial charge is 0.476 e. The lowest BCUT2D eigenvalue weighted by Crippen LogP contribution is -2.00. The Morgan fingerprint density at radius 1 is 1.36 bits per heavy atom. The van der Waals surface area contributed by atoms with E-state index in [9.17, 15) is 8.22 Å². The summed E-state index contributed by atoms with van der Waals surface area (Å²) in [6, 6.07) is 8.20. The van der Waals surface area contributed by atoms with Crippen LogP contribution in [-0.4, -0.2) is 9.46 Å². The zero-order valence-electron chi connectivity index (χ0n) is 8.56. The van der Waals surface area contributed by atoms with Crippen molar-refractivity contribution in [3.05, 3.63) is 35.4 Å². The van der Waals surface area contributed by atoms with E-state index in [0.29, 0.717) is 6.42 Å². The van der Waals surface area contributed by atoms with Crippen LogP contribution in [0.4, 0.5) is 8.22 Å². The molecule has 1 aromatic carbocycles. The van der Waals surface area contributed by atoms with E-state index in [-0.39, 0.29) is 12.0 Å². The van der Waals surface area contributed by atoms with Crippen molar-refractivity contribution in [3.63, 3.8) is 0 Å². The van der Waals surface area contributed by atoms with Gasteiger partial charge in [0.05, 0.1) is 0 Å². The summed E-state index contributed by atoms with van der Waals surface area (Å²) in [6.45, 7) is 4.04. The molecule has 1 radical (unpaired) electrons. The van der Waals surface area contributed by atoms with Crippen LogP contribution in [0, 0.1) is 6.92 Å². The molecule has 1 aromatic rings. The van der Waals surface area contributed by atoms with E-state index in [0.717, 1.165) is 0 Å². The highest BCUT2D eigenvalue weighted by Gasteiger charge is 2.13. The molecule has 1 unspecified atom stereocenters. The minimum Gasteiger partial charge on any atom is -0.268 e. The molecule has 14 heavy (non-hydrogen) atoms. The number of hydrogen-bond donors (Lipinski definition) is 0. The van der Waals surface area contributed by atoms with Crippen LogP contribution in [0.25, 0.3) is 0 Å². The normalized spacial score (nSPS) is 13.2. The maximum atomic E-state index is 12.1. The highest BCUT2D eigenvalue weighted by Crippen LogP contribution is 2.22. The van der Waals surface area contributed by atoms with Gasteiger partial charge in [-0.25, -0.2) is 0 Å². The lowest BCUT2D eigenvalue weighted by molar-refractivity contribution is 0.619. The summed E-state index contributed by atoms with van der Waals surface area (Å²) in [5.41, 5.74) is 2.37. The van der Waals surface area contributed by atoms with E-state index >= 15 is 0 Å². The van der Waals surface area contributed by atoms with Crippen LogP contribution in [-0.2, 0) is 0 Å². The third kappa shape index (κ3) is 3.58. The summed E-state index contributed by atoms with van der Waals surface area (Å²) in [6.07, 6.45) is 0.602. The van der Waals surface area contributed by atoms with Crippen molar-refractivity contribution < 1.29 is 8.22 Å². The van der Waals surface area contributed by atoms with Crippen molar-refractivity contribution in [2.24, 2.45) is 0 Å². The molecule has 0 bridgehead atoms. The first-order valence-electron chi connectivity index (χ1n) is 4.83. The first-order valence-corrected chi connectivity index (χ1v) is 6.29. The van der Waals surface area contributed by atoms with Gasteiger partial charge in [-0.05, 0) is 24.8 Å². The van der Waals surface area contributed by atoms with Gasteiger partial charge in [-0.2, -0.15) is 0 Å². The summed E-state index contributed by atoms with van der Waals surface area (Å²) >= 11 is 0. The van der Waals surface area contributed by atoms with Crippen LogP contribution in [0.15, 0.2) is 24.3 Å². The van der Waals surface area contributed by atoms with E-state index in [2.05, 4.69) is 6.07 Å². The van der Waals surface area contributed by atoms with Crippen LogP contribution in [0.1, 0.15) is 30.4 Å². The second-order valence-electron chi connectivity index (χ2n) is 3.69. The zero-order chi connectivity index (χ0) is 10.6. The van der Waals surface area contributed by atoms with Crippen molar-refractivity contribution in [1.82, 2.24) is 0 Å². The van der Waals surface area contributed by atoms with Gasteiger partial charge in [-0.1, -0.05) is 36.8 Å². The lowest BCUT2D eigenvalue weighted by Gasteiger charge is -2.11. The fraction of sp³-hybridized carbons (Fsp3) is 0.455. The molecule has 0 saturated heterocycles. The van der Waals surface area contributed by atoms with Crippen LogP contribution < -0.4 is 0 Å². The summed E-state index contributed by atoms with van der Waals surface area (Å²) in [4.78, 5) is 0. The van der Waals surface area contributed by atoms with Gasteiger partial charge < -0.3 is 0 Å². The fourth-order valence-electron chi connectivity index (χ4n) is 1.47. The molecule has 3 heteroatoms. The van der Waals surface area contributed by atoms with E-state index in [1.54, 1.807) is 0 Å². The Balaban J connectivity index is 2.56. The van der Waals surface area contributed by atoms with Crippen LogP contribution >= 0.6 is 0 Å². The molecular formula is C11H15F2Si. The van der Waals surface area contributed by atoms with Crippen molar-refractivity contribution in [3.8, 4) is 0 Å². The van der Waals surface area contributed by atoms with Crippen molar-refractivity contribution in [2.75, 3.05) is 0 Å². The molecule has 0 aromatic heterocycles. The van der Waals surface area contributed by atoms with Gasteiger partial charge in [0.2, 0.25) is 0 Å². The number of halogens is 2.